The van der Waals surface area contributed by atoms with Crippen LogP contribution in [-0.4, -0.2) is 63.0 Å². The minimum atomic E-state index is -0.0595. The second-order valence-electron chi connectivity index (χ2n) is 8.35. The predicted octanol–water partition coefficient (Wildman–Crippen LogP) is 3.99. The van der Waals surface area contributed by atoms with Gasteiger partial charge in [-0.25, -0.2) is 0 Å². The second kappa shape index (κ2) is 11.6. The monoisotopic (exact) mass is 419 g/mol. The molecule has 30 heavy (non-hydrogen) atoms. The van der Waals surface area contributed by atoms with Crippen molar-refractivity contribution in [1.29, 1.82) is 0 Å². The summed E-state index contributed by atoms with van der Waals surface area (Å²) in [5, 5.41) is 0. The van der Waals surface area contributed by atoms with Crippen LogP contribution in [0.1, 0.15) is 57.4 Å². The molecule has 1 heterocycles. The number of hydrogen-bond acceptors (Lipinski definition) is 6. The molecule has 6 heteroatoms. The number of ether oxygens (including phenoxy) is 4. The fourth-order valence-corrected chi connectivity index (χ4v) is 4.65. The Morgan fingerprint density at radius 3 is 2.67 bits per heavy atom. The Kier molecular flexibility index (Phi) is 8.82. The Morgan fingerprint density at radius 1 is 1.10 bits per heavy atom. The lowest BCUT2D eigenvalue weighted by Crippen LogP contribution is -2.46. The van der Waals surface area contributed by atoms with Gasteiger partial charge in [0.25, 0.3) is 0 Å². The lowest BCUT2D eigenvalue weighted by molar-refractivity contribution is -0.148. The van der Waals surface area contributed by atoms with E-state index in [0.29, 0.717) is 19.1 Å². The molecular formula is C24H37NO5. The van der Waals surface area contributed by atoms with Gasteiger partial charge in [-0.05, 0) is 49.8 Å². The quantitative estimate of drug-likeness (QED) is 0.535. The van der Waals surface area contributed by atoms with Crippen molar-refractivity contribution in [2.75, 3.05) is 33.9 Å². The molecule has 3 rings (SSSR count). The highest BCUT2D eigenvalue weighted by Gasteiger charge is 2.36. The van der Waals surface area contributed by atoms with E-state index in [1.54, 1.807) is 14.2 Å². The molecule has 0 aromatic heterocycles. The molecule has 1 saturated heterocycles. The van der Waals surface area contributed by atoms with E-state index in [4.69, 9.17) is 18.9 Å². The number of nitrogens with zero attached hydrogens (tertiary/aromatic N) is 1. The number of hydrogen-bond donors (Lipinski definition) is 0. The molecule has 0 spiro atoms. The minimum Gasteiger partial charge on any atom is -0.493 e. The summed E-state index contributed by atoms with van der Waals surface area (Å²) in [6.45, 7) is 4.54. The molecule has 1 aromatic rings. The van der Waals surface area contributed by atoms with Gasteiger partial charge < -0.3 is 18.9 Å². The predicted molar refractivity (Wildman–Crippen MR) is 116 cm³/mol. The van der Waals surface area contributed by atoms with Crippen LogP contribution >= 0.6 is 0 Å². The van der Waals surface area contributed by atoms with Gasteiger partial charge in [-0.3, -0.25) is 9.69 Å². The number of likely N-dealkylation sites (tertiary alicyclic amines) is 1. The molecule has 1 aromatic carbocycles. The molecule has 1 aliphatic heterocycles. The van der Waals surface area contributed by atoms with E-state index in [1.165, 1.54) is 18.4 Å². The van der Waals surface area contributed by atoms with Crippen LogP contribution in [0.5, 0.6) is 11.5 Å². The fourth-order valence-electron chi connectivity index (χ4n) is 4.65. The first kappa shape index (κ1) is 22.9. The third-order valence-electron chi connectivity index (χ3n) is 6.24. The van der Waals surface area contributed by atoms with Gasteiger partial charge in [0.05, 0.1) is 26.9 Å². The zero-order valence-corrected chi connectivity index (χ0v) is 18.7. The van der Waals surface area contributed by atoms with Gasteiger partial charge in [0.15, 0.2) is 11.5 Å². The van der Waals surface area contributed by atoms with E-state index in [0.717, 1.165) is 56.7 Å². The van der Waals surface area contributed by atoms with Crippen LogP contribution in [0.4, 0.5) is 0 Å². The Labute approximate surface area is 180 Å². The van der Waals surface area contributed by atoms with Crippen molar-refractivity contribution in [3.05, 3.63) is 23.8 Å². The van der Waals surface area contributed by atoms with Crippen molar-refractivity contribution in [1.82, 2.24) is 4.90 Å². The molecule has 2 fully saturated rings. The van der Waals surface area contributed by atoms with Crippen LogP contribution in [0.25, 0.3) is 0 Å². The van der Waals surface area contributed by atoms with E-state index < -0.39 is 0 Å². The Bertz CT molecular complexity index is 680. The summed E-state index contributed by atoms with van der Waals surface area (Å²) in [6, 6.07) is 6.47. The number of carbonyl (C=O) groups excluding carboxylic acids is 1. The maximum atomic E-state index is 11.8. The summed E-state index contributed by atoms with van der Waals surface area (Å²) in [4.78, 5) is 14.3. The highest BCUT2D eigenvalue weighted by atomic mass is 16.5. The van der Waals surface area contributed by atoms with Crippen molar-refractivity contribution in [2.24, 2.45) is 0 Å². The molecule has 6 nitrogen and oxygen atoms in total. The zero-order chi connectivity index (χ0) is 21.3. The van der Waals surface area contributed by atoms with Gasteiger partial charge in [0.1, 0.15) is 6.10 Å². The number of methoxy groups -OCH3 is 2. The Morgan fingerprint density at radius 2 is 1.90 bits per heavy atom. The highest BCUT2D eigenvalue weighted by Crippen LogP contribution is 2.30. The van der Waals surface area contributed by atoms with Crippen LogP contribution in [0.3, 0.4) is 0 Å². The number of benzene rings is 1. The molecule has 168 valence electrons. The molecule has 0 amide bonds. The van der Waals surface area contributed by atoms with Gasteiger partial charge in [-0.2, -0.15) is 0 Å². The number of rotatable bonds is 10. The van der Waals surface area contributed by atoms with Crippen molar-refractivity contribution in [3.8, 4) is 11.5 Å². The Hall–Kier alpha value is -1.79. The van der Waals surface area contributed by atoms with Crippen molar-refractivity contribution >= 4 is 5.97 Å². The van der Waals surface area contributed by atoms with Crippen LogP contribution in [0, 0.1) is 0 Å². The third-order valence-corrected chi connectivity index (χ3v) is 6.24. The van der Waals surface area contributed by atoms with E-state index in [1.807, 2.05) is 19.1 Å². The zero-order valence-electron chi connectivity index (χ0n) is 18.7. The van der Waals surface area contributed by atoms with Gasteiger partial charge in [-0.15, -0.1) is 0 Å². The van der Waals surface area contributed by atoms with Crippen LogP contribution < -0.4 is 9.47 Å². The molecular weight excluding hydrogens is 382 g/mol. The van der Waals surface area contributed by atoms with Crippen LogP contribution in [-0.2, 0) is 20.7 Å². The second-order valence-corrected chi connectivity index (χ2v) is 8.35. The van der Waals surface area contributed by atoms with Crippen molar-refractivity contribution in [2.45, 2.75) is 76.5 Å². The van der Waals surface area contributed by atoms with Crippen LogP contribution in [0.2, 0.25) is 0 Å². The summed E-state index contributed by atoms with van der Waals surface area (Å²) >= 11 is 0. The highest BCUT2D eigenvalue weighted by molar-refractivity contribution is 5.69. The maximum Gasteiger partial charge on any atom is 0.306 e. The lowest BCUT2D eigenvalue weighted by atomic mass is 9.91. The van der Waals surface area contributed by atoms with Gasteiger partial charge >= 0.3 is 5.97 Å². The normalized spacial score (nSPS) is 24.6. The van der Waals surface area contributed by atoms with E-state index >= 15 is 0 Å². The van der Waals surface area contributed by atoms with Crippen molar-refractivity contribution in [3.63, 3.8) is 0 Å². The van der Waals surface area contributed by atoms with E-state index in [2.05, 4.69) is 11.0 Å². The summed E-state index contributed by atoms with van der Waals surface area (Å²) in [5.74, 6) is 1.44. The standard InChI is InChI=1S/C24H37NO5/c1-4-7-24(26)30-19-12-14-25(17-19)20-8-5-6-9-21(20)29-15-13-18-10-11-22(27-2)23(16-18)28-3/h10-11,16,19-21H,4-9,12-15,17H2,1-3H3/t19-,20-,21-/m1/s1. The minimum absolute atomic E-state index is 0.0402. The van der Waals surface area contributed by atoms with E-state index in [-0.39, 0.29) is 18.2 Å². The molecule has 1 saturated carbocycles. The maximum absolute atomic E-state index is 11.8. The summed E-state index contributed by atoms with van der Waals surface area (Å²) < 4.78 is 22.7. The third kappa shape index (κ3) is 6.11. The molecule has 3 atom stereocenters. The van der Waals surface area contributed by atoms with Crippen molar-refractivity contribution < 1.29 is 23.7 Å². The van der Waals surface area contributed by atoms with Gasteiger partial charge in [0, 0.05) is 25.6 Å². The largest absolute Gasteiger partial charge is 0.493 e. The van der Waals surface area contributed by atoms with Crippen LogP contribution in [0.15, 0.2) is 18.2 Å². The fraction of sp³-hybridized carbons (Fsp3) is 0.708. The first-order valence-corrected chi connectivity index (χ1v) is 11.4. The van der Waals surface area contributed by atoms with E-state index in [9.17, 15) is 4.79 Å². The smallest absolute Gasteiger partial charge is 0.306 e. The summed E-state index contributed by atoms with van der Waals surface area (Å²) in [6.07, 6.45) is 8.17. The van der Waals surface area contributed by atoms with Gasteiger partial charge in [0.2, 0.25) is 0 Å². The molecule has 2 aliphatic rings. The number of carbonyl (C=O) groups is 1. The molecule has 0 radical (unpaired) electrons. The lowest BCUT2D eigenvalue weighted by Gasteiger charge is -2.37. The average Bonchev–Trinajstić information content (AvgIpc) is 3.22. The molecule has 0 N–H and O–H groups in total. The molecule has 0 bridgehead atoms. The Balaban J connectivity index is 1.50. The first-order chi connectivity index (χ1) is 14.6. The summed E-state index contributed by atoms with van der Waals surface area (Å²) in [7, 11) is 3.31. The summed E-state index contributed by atoms with van der Waals surface area (Å²) in [5.41, 5.74) is 1.18. The average molecular weight is 420 g/mol. The molecule has 1 aliphatic carbocycles. The van der Waals surface area contributed by atoms with Gasteiger partial charge in [-0.1, -0.05) is 25.8 Å². The molecule has 0 unspecified atom stereocenters. The topological polar surface area (TPSA) is 57.2 Å². The number of esters is 1. The first-order valence-electron chi connectivity index (χ1n) is 11.4. The SMILES string of the molecule is CCCC(=O)O[C@@H]1CCN([C@@H]2CCCC[C@H]2OCCc2ccc(OC)c(OC)c2)C1.